The second kappa shape index (κ2) is 9.11. The highest BCUT2D eigenvalue weighted by molar-refractivity contribution is 6.51. The van der Waals surface area contributed by atoms with Gasteiger partial charge in [0.25, 0.3) is 11.7 Å². The van der Waals surface area contributed by atoms with E-state index in [-0.39, 0.29) is 27.7 Å². The summed E-state index contributed by atoms with van der Waals surface area (Å²) < 4.78 is 10.6. The van der Waals surface area contributed by atoms with Crippen LogP contribution in [-0.2, 0) is 9.59 Å². The number of benzene rings is 3. The molecule has 1 fully saturated rings. The molecule has 0 spiro atoms. The van der Waals surface area contributed by atoms with Crippen LogP contribution in [0.2, 0.25) is 5.02 Å². The van der Waals surface area contributed by atoms with Crippen LogP contribution in [0.3, 0.4) is 0 Å². The number of methoxy groups -OCH3 is 2. The zero-order valence-corrected chi connectivity index (χ0v) is 19.5. The number of aliphatic hydroxyl groups excluding tert-OH is 1. The number of hydrogen-bond donors (Lipinski definition) is 2. The largest absolute Gasteiger partial charge is 0.508 e. The number of ketones is 1. The van der Waals surface area contributed by atoms with E-state index in [2.05, 4.69) is 0 Å². The fourth-order valence-electron chi connectivity index (χ4n) is 4.08. The summed E-state index contributed by atoms with van der Waals surface area (Å²) in [6, 6.07) is 15.2. The van der Waals surface area contributed by atoms with Gasteiger partial charge in [0.15, 0.2) is 0 Å². The summed E-state index contributed by atoms with van der Waals surface area (Å²) in [6.45, 7) is 1.87. The maximum Gasteiger partial charge on any atom is 0.300 e. The number of ether oxygens (including phenoxy) is 2. The van der Waals surface area contributed by atoms with Gasteiger partial charge in [0.05, 0.1) is 36.4 Å². The lowest BCUT2D eigenvalue weighted by atomic mass is 9.94. The molecule has 7 nitrogen and oxygen atoms in total. The van der Waals surface area contributed by atoms with Gasteiger partial charge in [0.1, 0.15) is 23.0 Å². The Morgan fingerprint density at radius 3 is 2.32 bits per heavy atom. The minimum absolute atomic E-state index is 0.0441. The SMILES string of the molecule is COc1cc(OC)c(/C(O)=C2\C(=O)C(=O)N(c3cccc(C)c3)C2c2cccc(O)c2)cc1Cl. The van der Waals surface area contributed by atoms with Crippen LogP contribution < -0.4 is 14.4 Å². The van der Waals surface area contributed by atoms with Crippen LogP contribution in [0.4, 0.5) is 5.69 Å². The Kier molecular flexibility index (Phi) is 6.22. The van der Waals surface area contributed by atoms with Crippen molar-refractivity contribution in [1.82, 2.24) is 0 Å². The topological polar surface area (TPSA) is 96.3 Å². The van der Waals surface area contributed by atoms with E-state index in [0.717, 1.165) is 5.56 Å². The van der Waals surface area contributed by atoms with Crippen molar-refractivity contribution in [3.63, 3.8) is 0 Å². The van der Waals surface area contributed by atoms with Crippen LogP contribution in [0.5, 0.6) is 17.2 Å². The molecule has 1 saturated heterocycles. The van der Waals surface area contributed by atoms with E-state index in [9.17, 15) is 19.8 Å². The lowest BCUT2D eigenvalue weighted by molar-refractivity contribution is -0.132. The molecule has 1 heterocycles. The minimum Gasteiger partial charge on any atom is -0.508 e. The molecule has 1 aliphatic heterocycles. The molecule has 0 aromatic heterocycles. The van der Waals surface area contributed by atoms with Crippen LogP contribution in [0, 0.1) is 6.92 Å². The number of phenolic OH excluding ortho intramolecular Hbond substituents is 1. The van der Waals surface area contributed by atoms with Crippen molar-refractivity contribution < 1.29 is 29.3 Å². The van der Waals surface area contributed by atoms with E-state index in [0.29, 0.717) is 17.0 Å². The quantitative estimate of drug-likeness (QED) is 0.304. The monoisotopic (exact) mass is 479 g/mol. The number of carbonyl (C=O) groups is 2. The minimum atomic E-state index is -1.00. The van der Waals surface area contributed by atoms with Crippen molar-refractivity contribution in [3.05, 3.63) is 87.9 Å². The zero-order chi connectivity index (χ0) is 24.6. The highest BCUT2D eigenvalue weighted by atomic mass is 35.5. The van der Waals surface area contributed by atoms with Crippen molar-refractivity contribution in [2.45, 2.75) is 13.0 Å². The van der Waals surface area contributed by atoms with Crippen molar-refractivity contribution in [2.75, 3.05) is 19.1 Å². The summed E-state index contributed by atoms with van der Waals surface area (Å²) in [5.74, 6) is -1.66. The third-order valence-electron chi connectivity index (χ3n) is 5.64. The summed E-state index contributed by atoms with van der Waals surface area (Å²) in [7, 11) is 2.84. The van der Waals surface area contributed by atoms with E-state index < -0.39 is 23.5 Å². The Balaban J connectivity index is 2.00. The lowest BCUT2D eigenvalue weighted by Crippen LogP contribution is -2.29. The van der Waals surface area contributed by atoms with Gasteiger partial charge in [0, 0.05) is 11.8 Å². The summed E-state index contributed by atoms with van der Waals surface area (Å²) in [4.78, 5) is 27.9. The molecule has 1 unspecified atom stereocenters. The summed E-state index contributed by atoms with van der Waals surface area (Å²) in [5, 5.41) is 21.7. The molecule has 0 aliphatic carbocycles. The first-order valence-electron chi connectivity index (χ1n) is 10.3. The number of aromatic hydroxyl groups is 1. The number of aliphatic hydroxyl groups is 1. The molecule has 34 heavy (non-hydrogen) atoms. The van der Waals surface area contributed by atoms with E-state index in [1.807, 2.05) is 13.0 Å². The number of Topliss-reactive ketones (excluding diaryl/α,β-unsaturated/α-hetero) is 1. The molecule has 1 aliphatic rings. The smallest absolute Gasteiger partial charge is 0.300 e. The Labute approximate surface area is 201 Å². The van der Waals surface area contributed by atoms with Crippen LogP contribution in [0.25, 0.3) is 5.76 Å². The number of rotatable bonds is 5. The van der Waals surface area contributed by atoms with Crippen LogP contribution in [-0.4, -0.2) is 36.1 Å². The summed E-state index contributed by atoms with van der Waals surface area (Å²) >= 11 is 6.28. The molecule has 2 N–H and O–H groups in total. The van der Waals surface area contributed by atoms with Gasteiger partial charge in [-0.15, -0.1) is 0 Å². The number of hydrogen-bond acceptors (Lipinski definition) is 6. The zero-order valence-electron chi connectivity index (χ0n) is 18.7. The van der Waals surface area contributed by atoms with E-state index in [4.69, 9.17) is 21.1 Å². The second-order valence-corrected chi connectivity index (χ2v) is 8.20. The van der Waals surface area contributed by atoms with Gasteiger partial charge in [-0.05, 0) is 48.4 Å². The first kappa shape index (κ1) is 23.2. The van der Waals surface area contributed by atoms with Crippen molar-refractivity contribution in [1.29, 1.82) is 0 Å². The molecule has 0 radical (unpaired) electrons. The van der Waals surface area contributed by atoms with Crippen molar-refractivity contribution in [3.8, 4) is 17.2 Å². The molecule has 3 aromatic rings. The van der Waals surface area contributed by atoms with Gasteiger partial charge in [-0.2, -0.15) is 0 Å². The maximum absolute atomic E-state index is 13.3. The predicted molar refractivity (Wildman–Crippen MR) is 129 cm³/mol. The fourth-order valence-corrected chi connectivity index (χ4v) is 4.32. The molecular weight excluding hydrogens is 458 g/mol. The first-order valence-corrected chi connectivity index (χ1v) is 10.7. The predicted octanol–water partition coefficient (Wildman–Crippen LogP) is 5.00. The molecule has 4 rings (SSSR count). The molecule has 8 heteroatoms. The molecule has 3 aromatic carbocycles. The van der Waals surface area contributed by atoms with Gasteiger partial charge in [0.2, 0.25) is 0 Å². The molecule has 1 amide bonds. The molecule has 0 bridgehead atoms. The number of phenols is 1. The van der Waals surface area contributed by atoms with Crippen LogP contribution in [0.1, 0.15) is 22.7 Å². The lowest BCUT2D eigenvalue weighted by Gasteiger charge is -2.26. The average Bonchev–Trinajstić information content (AvgIpc) is 3.09. The number of amides is 1. The summed E-state index contributed by atoms with van der Waals surface area (Å²) in [5.41, 5.74) is 1.78. The number of anilines is 1. The van der Waals surface area contributed by atoms with E-state index in [1.165, 1.54) is 43.4 Å². The fraction of sp³-hybridized carbons (Fsp3) is 0.154. The van der Waals surface area contributed by atoms with Gasteiger partial charge in [-0.25, -0.2) is 0 Å². The molecule has 1 atom stereocenters. The highest BCUT2D eigenvalue weighted by Gasteiger charge is 2.47. The summed E-state index contributed by atoms with van der Waals surface area (Å²) in [6.07, 6.45) is 0. The first-order chi connectivity index (χ1) is 16.3. The Hall–Kier alpha value is -3.97. The van der Waals surface area contributed by atoms with Crippen molar-refractivity contribution in [2.24, 2.45) is 0 Å². The van der Waals surface area contributed by atoms with Crippen LogP contribution in [0.15, 0.2) is 66.2 Å². The van der Waals surface area contributed by atoms with E-state index >= 15 is 0 Å². The normalized spacial score (nSPS) is 17.2. The van der Waals surface area contributed by atoms with Gasteiger partial charge >= 0.3 is 0 Å². The second-order valence-electron chi connectivity index (χ2n) is 7.79. The van der Waals surface area contributed by atoms with Gasteiger partial charge in [-0.1, -0.05) is 35.9 Å². The van der Waals surface area contributed by atoms with Crippen LogP contribution >= 0.6 is 11.6 Å². The number of halogens is 1. The third-order valence-corrected chi connectivity index (χ3v) is 5.93. The third kappa shape index (κ3) is 3.95. The Morgan fingerprint density at radius 1 is 0.971 bits per heavy atom. The number of nitrogens with zero attached hydrogens (tertiary/aromatic N) is 1. The molecule has 0 saturated carbocycles. The maximum atomic E-state index is 13.3. The highest BCUT2D eigenvalue weighted by Crippen LogP contribution is 2.45. The average molecular weight is 480 g/mol. The number of aryl methyl sites for hydroxylation is 1. The van der Waals surface area contributed by atoms with E-state index in [1.54, 1.807) is 30.3 Å². The standard InChI is InChI=1S/C26H22ClNO6/c1-14-6-4-8-16(10-14)28-23(15-7-5-9-17(29)11-15)22(25(31)26(28)32)24(30)18-12-19(27)21(34-3)13-20(18)33-2/h4-13,23,29-30H,1-3H3/b24-22+. The van der Waals surface area contributed by atoms with Crippen molar-refractivity contribution >= 4 is 34.7 Å². The Morgan fingerprint density at radius 2 is 1.68 bits per heavy atom. The molecular formula is C26H22ClNO6. The van der Waals surface area contributed by atoms with Gasteiger partial charge < -0.3 is 19.7 Å². The Bertz CT molecular complexity index is 1330. The van der Waals surface area contributed by atoms with Gasteiger partial charge in [-0.3, -0.25) is 14.5 Å². The number of carbonyl (C=O) groups excluding carboxylic acids is 2. The molecule has 174 valence electrons.